The van der Waals surface area contributed by atoms with Gasteiger partial charge in [-0.2, -0.15) is 0 Å². The third kappa shape index (κ3) is 5.71. The average Bonchev–Trinajstić information content (AvgIpc) is 3.71. The van der Waals surface area contributed by atoms with E-state index in [0.717, 1.165) is 36.8 Å². The molecule has 2 atom stereocenters. The minimum atomic E-state index is -1.08. The van der Waals surface area contributed by atoms with Gasteiger partial charge in [-0.15, -0.1) is 0 Å². The predicted molar refractivity (Wildman–Crippen MR) is 155 cm³/mol. The van der Waals surface area contributed by atoms with E-state index in [2.05, 4.69) is 15.5 Å². The number of nitrogens with one attached hydrogen (secondary N) is 2. The largest absolute Gasteiger partial charge is 0.372 e. The van der Waals surface area contributed by atoms with Gasteiger partial charge in [-0.3, -0.25) is 14.6 Å². The van der Waals surface area contributed by atoms with Crippen LogP contribution in [0.15, 0.2) is 42.5 Å². The topological polar surface area (TPSA) is 105 Å². The van der Waals surface area contributed by atoms with Crippen molar-refractivity contribution >= 4 is 29.2 Å². The molecular formula is C31H41N5O4. The molecule has 40 heavy (non-hydrogen) atoms. The number of urea groups is 2. The van der Waals surface area contributed by atoms with Gasteiger partial charge in [0.25, 0.3) is 0 Å². The molecule has 1 saturated carbocycles. The molecule has 0 aromatic heterocycles. The van der Waals surface area contributed by atoms with E-state index in [0.29, 0.717) is 49.0 Å². The maximum atomic E-state index is 13.4. The van der Waals surface area contributed by atoms with Gasteiger partial charge in [-0.1, -0.05) is 24.3 Å². The van der Waals surface area contributed by atoms with Gasteiger partial charge in [0.2, 0.25) is 0 Å². The number of amides is 4. The average molecular weight is 548 g/mol. The number of likely N-dealkylation sites (tertiary alicyclic amines) is 1. The Bertz CT molecular complexity index is 1290. The summed E-state index contributed by atoms with van der Waals surface area (Å²) < 4.78 is 0. The van der Waals surface area contributed by atoms with Crippen LogP contribution >= 0.6 is 0 Å². The summed E-state index contributed by atoms with van der Waals surface area (Å²) in [7, 11) is 0. The van der Waals surface area contributed by atoms with Crippen LogP contribution in [0.5, 0.6) is 0 Å². The molecule has 2 fully saturated rings. The Morgan fingerprint density at radius 2 is 1.88 bits per heavy atom. The SMILES string of the molecule is CC(=O)c1cc(NC(=O)N2CCCC(N3Cc4ccccc4C3(C)O)C2)ccc1N(C(=O)NCC1CC1)C(C)C. The van der Waals surface area contributed by atoms with E-state index in [1.165, 1.54) is 6.92 Å². The number of ketones is 1. The van der Waals surface area contributed by atoms with Gasteiger partial charge < -0.3 is 20.6 Å². The summed E-state index contributed by atoms with van der Waals surface area (Å²) in [6.45, 7) is 9.53. The van der Waals surface area contributed by atoms with Gasteiger partial charge in [0.05, 0.1) is 5.69 Å². The first-order chi connectivity index (χ1) is 19.1. The molecular weight excluding hydrogens is 506 g/mol. The molecule has 5 rings (SSSR count). The number of carbonyl (C=O) groups excluding carboxylic acids is 3. The molecule has 2 heterocycles. The fourth-order valence-corrected chi connectivity index (χ4v) is 6.06. The van der Waals surface area contributed by atoms with E-state index in [9.17, 15) is 19.5 Å². The Morgan fingerprint density at radius 3 is 2.55 bits per heavy atom. The molecule has 2 aromatic carbocycles. The fourth-order valence-electron chi connectivity index (χ4n) is 6.06. The number of Topliss-reactive ketones (excluding diaryl/α,β-unsaturated/α-hetero) is 1. The van der Waals surface area contributed by atoms with Crippen molar-refractivity contribution in [3.05, 3.63) is 59.2 Å². The van der Waals surface area contributed by atoms with Crippen molar-refractivity contribution in [1.29, 1.82) is 0 Å². The molecule has 9 nitrogen and oxygen atoms in total. The zero-order valence-electron chi connectivity index (χ0n) is 23.9. The van der Waals surface area contributed by atoms with E-state index in [4.69, 9.17) is 0 Å². The second kappa shape index (κ2) is 11.2. The number of rotatable bonds is 7. The molecule has 0 bridgehead atoms. The van der Waals surface area contributed by atoms with Crippen molar-refractivity contribution in [2.45, 2.75) is 77.7 Å². The number of nitrogens with zero attached hydrogens (tertiary/aromatic N) is 3. The number of carbonyl (C=O) groups is 3. The standard InChI is InChI=1S/C31H41N5O4/c1-20(2)36(29(38)32-17-22-11-12-22)28-14-13-24(16-26(28)21(3)37)33-30(39)34-15-7-9-25(19-34)35-18-23-8-5-6-10-27(23)31(35,4)40/h5-6,8,10,13-14,16,20,22,25,40H,7,9,11-12,15,17-19H2,1-4H3,(H,32,38)(H,33,39). The summed E-state index contributed by atoms with van der Waals surface area (Å²) in [5.74, 6) is 0.365. The normalized spacial score (nSPS) is 22.6. The van der Waals surface area contributed by atoms with E-state index >= 15 is 0 Å². The summed E-state index contributed by atoms with van der Waals surface area (Å²) in [5.41, 5.74) is 2.37. The summed E-state index contributed by atoms with van der Waals surface area (Å²) in [6.07, 6.45) is 4.00. The summed E-state index contributed by atoms with van der Waals surface area (Å²) >= 11 is 0. The van der Waals surface area contributed by atoms with E-state index in [1.807, 2.05) is 45.0 Å². The zero-order chi connectivity index (χ0) is 28.6. The summed E-state index contributed by atoms with van der Waals surface area (Å²) in [6, 6.07) is 12.5. The molecule has 3 N–H and O–H groups in total. The van der Waals surface area contributed by atoms with Crippen LogP contribution < -0.4 is 15.5 Å². The maximum absolute atomic E-state index is 13.4. The lowest BCUT2D eigenvalue weighted by molar-refractivity contribution is -0.120. The molecule has 1 saturated heterocycles. The van der Waals surface area contributed by atoms with Crippen LogP contribution in [0.4, 0.5) is 21.0 Å². The number of hydrogen-bond acceptors (Lipinski definition) is 5. The number of aliphatic hydroxyl groups is 1. The smallest absolute Gasteiger partial charge is 0.322 e. The number of benzene rings is 2. The number of fused-ring (bicyclic) bond motifs is 1. The first kappa shape index (κ1) is 28.1. The van der Waals surface area contributed by atoms with E-state index in [-0.39, 0.29) is 29.9 Å². The van der Waals surface area contributed by atoms with Gasteiger partial charge >= 0.3 is 12.1 Å². The number of anilines is 2. The molecule has 0 spiro atoms. The summed E-state index contributed by atoms with van der Waals surface area (Å²) in [4.78, 5) is 44.5. The lowest BCUT2D eigenvalue weighted by atomic mass is 10.00. The highest BCUT2D eigenvalue weighted by Gasteiger charge is 2.44. The van der Waals surface area contributed by atoms with Crippen molar-refractivity contribution < 1.29 is 19.5 Å². The highest BCUT2D eigenvalue weighted by molar-refractivity contribution is 6.06. The number of hydrogen-bond donors (Lipinski definition) is 3. The fraction of sp³-hybridized carbons (Fsp3) is 0.516. The van der Waals surface area contributed by atoms with Gasteiger partial charge in [-0.25, -0.2) is 9.59 Å². The van der Waals surface area contributed by atoms with E-state index < -0.39 is 5.72 Å². The van der Waals surface area contributed by atoms with Crippen LogP contribution in [0, 0.1) is 5.92 Å². The quantitative estimate of drug-likeness (QED) is 0.428. The van der Waals surface area contributed by atoms with E-state index in [1.54, 1.807) is 28.0 Å². The second-order valence-corrected chi connectivity index (χ2v) is 11.9. The first-order valence-electron chi connectivity index (χ1n) is 14.4. The van der Waals surface area contributed by atoms with Gasteiger partial charge in [0.1, 0.15) is 5.72 Å². The molecule has 2 unspecified atom stereocenters. The molecule has 0 radical (unpaired) electrons. The van der Waals surface area contributed by atoms with Crippen LogP contribution in [-0.2, 0) is 12.3 Å². The predicted octanol–water partition coefficient (Wildman–Crippen LogP) is 4.90. The summed E-state index contributed by atoms with van der Waals surface area (Å²) in [5, 5.41) is 17.3. The molecule has 214 valence electrons. The Hall–Kier alpha value is -3.43. The van der Waals surface area contributed by atoms with Crippen molar-refractivity contribution in [2.24, 2.45) is 5.92 Å². The Labute approximate surface area is 236 Å². The molecule has 2 aliphatic heterocycles. The molecule has 9 heteroatoms. The third-order valence-electron chi connectivity index (χ3n) is 8.41. The highest BCUT2D eigenvalue weighted by atomic mass is 16.3. The Morgan fingerprint density at radius 1 is 1.12 bits per heavy atom. The van der Waals surface area contributed by atoms with Crippen molar-refractivity contribution in [3.8, 4) is 0 Å². The van der Waals surface area contributed by atoms with Gasteiger partial charge in [-0.05, 0) is 83.1 Å². The van der Waals surface area contributed by atoms with Crippen LogP contribution in [-0.4, -0.2) is 64.5 Å². The lowest BCUT2D eigenvalue weighted by Crippen LogP contribution is -2.54. The van der Waals surface area contributed by atoms with Crippen LogP contribution in [0.2, 0.25) is 0 Å². The van der Waals surface area contributed by atoms with Crippen molar-refractivity contribution in [2.75, 3.05) is 29.9 Å². The number of piperidine rings is 1. The molecule has 2 aromatic rings. The maximum Gasteiger partial charge on any atom is 0.322 e. The molecule has 4 amide bonds. The van der Waals surface area contributed by atoms with Crippen molar-refractivity contribution in [1.82, 2.24) is 15.1 Å². The van der Waals surface area contributed by atoms with Gasteiger partial charge in [0.15, 0.2) is 5.78 Å². The van der Waals surface area contributed by atoms with Crippen LogP contribution in [0.1, 0.15) is 74.9 Å². The molecule has 1 aliphatic carbocycles. The minimum Gasteiger partial charge on any atom is -0.372 e. The lowest BCUT2D eigenvalue weighted by Gasteiger charge is -2.42. The first-order valence-corrected chi connectivity index (χ1v) is 14.4. The third-order valence-corrected chi connectivity index (χ3v) is 8.41. The monoisotopic (exact) mass is 547 g/mol. The zero-order valence-corrected chi connectivity index (χ0v) is 23.9. The minimum absolute atomic E-state index is 0.0193. The van der Waals surface area contributed by atoms with Crippen LogP contribution in [0.3, 0.4) is 0 Å². The second-order valence-electron chi connectivity index (χ2n) is 11.9. The highest BCUT2D eigenvalue weighted by Crippen LogP contribution is 2.40. The van der Waals surface area contributed by atoms with Gasteiger partial charge in [0, 0.05) is 55.1 Å². The van der Waals surface area contributed by atoms with Crippen molar-refractivity contribution in [3.63, 3.8) is 0 Å². The Balaban J connectivity index is 1.28. The van der Waals surface area contributed by atoms with Crippen LogP contribution in [0.25, 0.3) is 0 Å². The Kier molecular flexibility index (Phi) is 7.88. The molecule has 3 aliphatic rings.